The van der Waals surface area contributed by atoms with Gasteiger partial charge in [0.2, 0.25) is 0 Å². The standard InChI is InChI=1S/C20H21F3N4O2/c1-19(23)9-16(22)20(2,27-18(19)24)13-8-11(4-6-14(13)21)26-17(28)15-7-5-12(29-3)10-25-15/h4-8,10,16H,9H2,1-3H3,(H2,24,27)(H,26,28)/t16-,19-,20+/m0/s1. The number of ether oxygens (including phenoxy) is 1. The lowest BCUT2D eigenvalue weighted by Gasteiger charge is -2.38. The summed E-state index contributed by atoms with van der Waals surface area (Å²) in [5.74, 6) is -1.20. The Morgan fingerprint density at radius 2 is 2.03 bits per heavy atom. The summed E-state index contributed by atoms with van der Waals surface area (Å²) in [5, 5.41) is 2.58. The average Bonchev–Trinajstić information content (AvgIpc) is 2.67. The highest BCUT2D eigenvalue weighted by atomic mass is 19.2. The van der Waals surface area contributed by atoms with Gasteiger partial charge in [-0.15, -0.1) is 0 Å². The van der Waals surface area contributed by atoms with Crippen molar-refractivity contribution in [1.29, 1.82) is 0 Å². The van der Waals surface area contributed by atoms with Crippen molar-refractivity contribution in [3.05, 3.63) is 53.6 Å². The Kier molecular flexibility index (Phi) is 5.25. The van der Waals surface area contributed by atoms with Crippen LogP contribution >= 0.6 is 0 Å². The van der Waals surface area contributed by atoms with E-state index in [1.807, 2.05) is 0 Å². The van der Waals surface area contributed by atoms with Crippen molar-refractivity contribution in [2.75, 3.05) is 12.4 Å². The molecule has 154 valence electrons. The Labute approximate surface area is 166 Å². The van der Waals surface area contributed by atoms with Crippen LogP contribution in [-0.2, 0) is 5.54 Å². The Morgan fingerprint density at radius 1 is 1.31 bits per heavy atom. The number of anilines is 1. The van der Waals surface area contributed by atoms with Gasteiger partial charge < -0.3 is 15.8 Å². The number of nitrogens with one attached hydrogen (secondary N) is 1. The summed E-state index contributed by atoms with van der Waals surface area (Å²) in [6.07, 6.45) is -0.980. The molecule has 3 N–H and O–H groups in total. The average molecular weight is 406 g/mol. The Bertz CT molecular complexity index is 963. The van der Waals surface area contributed by atoms with Gasteiger partial charge in [-0.3, -0.25) is 9.79 Å². The monoisotopic (exact) mass is 406 g/mol. The number of pyridine rings is 1. The second kappa shape index (κ2) is 7.38. The molecular weight excluding hydrogens is 385 g/mol. The lowest BCUT2D eigenvalue weighted by atomic mass is 9.79. The van der Waals surface area contributed by atoms with E-state index in [4.69, 9.17) is 10.5 Å². The maximum Gasteiger partial charge on any atom is 0.274 e. The quantitative estimate of drug-likeness (QED) is 0.813. The van der Waals surface area contributed by atoms with Crippen molar-refractivity contribution in [1.82, 2.24) is 4.98 Å². The summed E-state index contributed by atoms with van der Waals surface area (Å²) < 4.78 is 48.6. The minimum absolute atomic E-state index is 0.111. The number of nitrogens with zero attached hydrogens (tertiary/aromatic N) is 2. The molecule has 0 aliphatic carbocycles. The molecule has 3 rings (SSSR count). The van der Waals surface area contributed by atoms with Crippen LogP contribution in [0.3, 0.4) is 0 Å². The van der Waals surface area contributed by atoms with E-state index in [2.05, 4.69) is 15.3 Å². The van der Waals surface area contributed by atoms with Crippen LogP contribution < -0.4 is 15.8 Å². The minimum Gasteiger partial charge on any atom is -0.495 e. The highest BCUT2D eigenvalue weighted by Crippen LogP contribution is 2.42. The molecule has 9 heteroatoms. The first-order valence-electron chi connectivity index (χ1n) is 8.87. The molecule has 2 aromatic rings. The van der Waals surface area contributed by atoms with Crippen LogP contribution in [0.1, 0.15) is 36.3 Å². The maximum absolute atomic E-state index is 14.8. The fourth-order valence-electron chi connectivity index (χ4n) is 3.13. The first-order valence-corrected chi connectivity index (χ1v) is 8.87. The summed E-state index contributed by atoms with van der Waals surface area (Å²) in [6.45, 7) is 2.47. The van der Waals surface area contributed by atoms with Crippen molar-refractivity contribution < 1.29 is 22.7 Å². The highest BCUT2D eigenvalue weighted by molar-refractivity contribution is 6.03. The Hall–Kier alpha value is -3.10. The van der Waals surface area contributed by atoms with E-state index in [1.54, 1.807) is 6.07 Å². The number of methoxy groups -OCH3 is 1. The predicted molar refractivity (Wildman–Crippen MR) is 103 cm³/mol. The third-order valence-electron chi connectivity index (χ3n) is 5.03. The van der Waals surface area contributed by atoms with E-state index >= 15 is 0 Å². The van der Waals surface area contributed by atoms with Crippen LogP contribution in [0.25, 0.3) is 0 Å². The Morgan fingerprint density at radius 3 is 2.66 bits per heavy atom. The van der Waals surface area contributed by atoms with Gasteiger partial charge >= 0.3 is 0 Å². The van der Waals surface area contributed by atoms with Gasteiger partial charge in [0.25, 0.3) is 5.91 Å². The number of carbonyl (C=O) groups excluding carboxylic acids is 1. The lowest BCUT2D eigenvalue weighted by molar-refractivity contribution is 0.102. The van der Waals surface area contributed by atoms with Gasteiger partial charge in [0, 0.05) is 17.7 Å². The molecule has 29 heavy (non-hydrogen) atoms. The van der Waals surface area contributed by atoms with Crippen LogP contribution in [0.4, 0.5) is 18.9 Å². The van der Waals surface area contributed by atoms with Gasteiger partial charge in [0.05, 0.1) is 13.3 Å². The van der Waals surface area contributed by atoms with E-state index in [0.29, 0.717) is 5.75 Å². The van der Waals surface area contributed by atoms with E-state index in [0.717, 1.165) is 13.0 Å². The zero-order valence-corrected chi connectivity index (χ0v) is 16.2. The van der Waals surface area contributed by atoms with Crippen molar-refractivity contribution in [3.8, 4) is 5.75 Å². The number of aliphatic imine (C=N–C) groups is 1. The van der Waals surface area contributed by atoms with Crippen LogP contribution in [-0.4, -0.2) is 35.7 Å². The number of nitrogens with two attached hydrogens (primary N) is 1. The third kappa shape index (κ3) is 3.90. The van der Waals surface area contributed by atoms with Gasteiger partial charge in [-0.1, -0.05) is 0 Å². The summed E-state index contributed by atoms with van der Waals surface area (Å²) in [7, 11) is 1.47. The molecule has 0 unspecified atom stereocenters. The first-order chi connectivity index (χ1) is 13.6. The molecular formula is C20H21F3N4O2. The zero-order chi connectivity index (χ0) is 21.4. The number of hydrogen-bond donors (Lipinski definition) is 2. The van der Waals surface area contributed by atoms with Crippen molar-refractivity contribution in [2.24, 2.45) is 10.7 Å². The molecule has 0 radical (unpaired) electrons. The molecule has 0 fully saturated rings. The minimum atomic E-state index is -2.11. The number of carbonyl (C=O) groups is 1. The first kappa shape index (κ1) is 20.6. The van der Waals surface area contributed by atoms with E-state index < -0.39 is 41.4 Å². The molecule has 0 saturated heterocycles. The van der Waals surface area contributed by atoms with E-state index in [9.17, 15) is 18.0 Å². The highest BCUT2D eigenvalue weighted by Gasteiger charge is 2.49. The van der Waals surface area contributed by atoms with Crippen molar-refractivity contribution in [3.63, 3.8) is 0 Å². The molecule has 1 aromatic carbocycles. The molecule has 0 spiro atoms. The third-order valence-corrected chi connectivity index (χ3v) is 5.03. The number of rotatable bonds is 4. The van der Waals surface area contributed by atoms with Crippen LogP contribution in [0, 0.1) is 5.82 Å². The molecule has 1 aliphatic heterocycles. The number of benzene rings is 1. The fourth-order valence-corrected chi connectivity index (χ4v) is 3.13. The summed E-state index contributed by atoms with van der Waals surface area (Å²) in [6, 6.07) is 6.71. The number of alkyl halides is 2. The summed E-state index contributed by atoms with van der Waals surface area (Å²) in [5.41, 5.74) is 2.00. The van der Waals surface area contributed by atoms with Gasteiger partial charge in [-0.25, -0.2) is 18.2 Å². The van der Waals surface area contributed by atoms with E-state index in [-0.39, 0.29) is 16.9 Å². The Balaban J connectivity index is 1.92. The largest absolute Gasteiger partial charge is 0.495 e. The molecule has 2 heterocycles. The summed E-state index contributed by atoms with van der Waals surface area (Å²) >= 11 is 0. The van der Waals surface area contributed by atoms with Gasteiger partial charge in [0.1, 0.15) is 34.8 Å². The molecule has 6 nitrogen and oxygen atoms in total. The molecule has 3 atom stereocenters. The molecule has 1 aromatic heterocycles. The number of amidine groups is 1. The second-order valence-electron chi connectivity index (χ2n) is 7.25. The zero-order valence-electron chi connectivity index (χ0n) is 16.2. The van der Waals surface area contributed by atoms with Crippen LogP contribution in [0.2, 0.25) is 0 Å². The van der Waals surface area contributed by atoms with Crippen molar-refractivity contribution >= 4 is 17.4 Å². The van der Waals surface area contributed by atoms with Crippen LogP contribution in [0.5, 0.6) is 5.75 Å². The normalized spacial score (nSPS) is 26.6. The lowest BCUT2D eigenvalue weighted by Crippen LogP contribution is -2.51. The number of hydrogen-bond acceptors (Lipinski definition) is 5. The maximum atomic E-state index is 14.8. The second-order valence-corrected chi connectivity index (χ2v) is 7.25. The molecule has 1 amide bonds. The van der Waals surface area contributed by atoms with E-state index in [1.165, 1.54) is 38.4 Å². The SMILES string of the molecule is COc1ccc(C(=O)Nc2ccc(F)c([C@@]3(C)N=C(N)[C@@](C)(F)C[C@@H]3F)c2)nc1. The molecule has 0 bridgehead atoms. The topological polar surface area (TPSA) is 89.6 Å². The number of halogens is 3. The van der Waals surface area contributed by atoms with Gasteiger partial charge in [-0.05, 0) is 44.2 Å². The van der Waals surface area contributed by atoms with Gasteiger partial charge in [0.15, 0.2) is 5.67 Å². The number of amides is 1. The predicted octanol–water partition coefficient (Wildman–Crippen LogP) is 3.52. The van der Waals surface area contributed by atoms with Gasteiger partial charge in [-0.2, -0.15) is 0 Å². The molecule has 1 aliphatic rings. The van der Waals surface area contributed by atoms with Crippen molar-refractivity contribution in [2.45, 2.75) is 37.6 Å². The number of aromatic nitrogens is 1. The fraction of sp³-hybridized carbons (Fsp3) is 0.350. The summed E-state index contributed by atoms with van der Waals surface area (Å²) in [4.78, 5) is 20.3. The molecule has 0 saturated carbocycles. The van der Waals surface area contributed by atoms with Crippen LogP contribution in [0.15, 0.2) is 41.5 Å². The smallest absolute Gasteiger partial charge is 0.274 e.